The average molecular weight is 573 g/mol. The van der Waals surface area contributed by atoms with Gasteiger partial charge in [-0.1, -0.05) is 20.8 Å². The van der Waals surface area contributed by atoms with Crippen molar-refractivity contribution in [2.75, 3.05) is 28.2 Å². The van der Waals surface area contributed by atoms with Crippen molar-refractivity contribution in [1.82, 2.24) is 25.6 Å². The molecule has 41 heavy (non-hydrogen) atoms. The molecule has 0 aliphatic carbocycles. The summed E-state index contributed by atoms with van der Waals surface area (Å²) >= 11 is 0. The molecular weight excluding hydrogens is 508 g/mol. The van der Waals surface area contributed by atoms with Crippen molar-refractivity contribution in [2.24, 2.45) is 5.41 Å². The summed E-state index contributed by atoms with van der Waals surface area (Å²) in [5.74, 6) is 2.25. The van der Waals surface area contributed by atoms with Gasteiger partial charge in [0.25, 0.3) is 0 Å². The Morgan fingerprint density at radius 1 is 0.659 bits per heavy atom. The largest absolute Gasteiger partial charge is 0.349 e. The first-order valence-corrected chi connectivity index (χ1v) is 16.1. The second-order valence-electron chi connectivity index (χ2n) is 17.5. The first-order valence-electron chi connectivity index (χ1n) is 16.1. The molecule has 2 saturated heterocycles. The zero-order valence-corrected chi connectivity index (χ0v) is 29.3. The predicted octanol–water partition coefficient (Wildman–Crippen LogP) is 6.77. The Morgan fingerprint density at radius 3 is 1.29 bits per heavy atom. The van der Waals surface area contributed by atoms with Crippen molar-refractivity contribution in [3.05, 3.63) is 0 Å². The van der Waals surface area contributed by atoms with E-state index >= 15 is 0 Å². The van der Waals surface area contributed by atoms with Crippen LogP contribution in [0.2, 0.25) is 0 Å². The summed E-state index contributed by atoms with van der Waals surface area (Å²) in [5.41, 5.74) is 0.152. The van der Waals surface area contributed by atoms with Crippen LogP contribution < -0.4 is 25.8 Å². The number of anilines is 3. The minimum Gasteiger partial charge on any atom is -0.349 e. The van der Waals surface area contributed by atoms with E-state index in [1.54, 1.807) is 0 Å². The van der Waals surface area contributed by atoms with Crippen molar-refractivity contribution >= 4 is 17.8 Å². The quantitative estimate of drug-likeness (QED) is 0.299. The van der Waals surface area contributed by atoms with E-state index in [4.69, 9.17) is 15.0 Å². The predicted molar refractivity (Wildman–Crippen MR) is 176 cm³/mol. The summed E-state index contributed by atoms with van der Waals surface area (Å²) in [6.45, 7) is 36.1. The fourth-order valence-electron chi connectivity index (χ4n) is 8.44. The lowest BCUT2D eigenvalue weighted by Crippen LogP contribution is -2.62. The van der Waals surface area contributed by atoms with Gasteiger partial charge in [-0.25, -0.2) is 0 Å². The van der Waals surface area contributed by atoms with Crippen molar-refractivity contribution in [1.29, 1.82) is 0 Å². The summed E-state index contributed by atoms with van der Waals surface area (Å²) in [7, 11) is 0. The molecular formula is C33H64N8. The number of aromatic nitrogens is 3. The Labute approximate surface area is 252 Å². The highest BCUT2D eigenvalue weighted by Crippen LogP contribution is 2.36. The summed E-state index contributed by atoms with van der Waals surface area (Å²) in [6.07, 6.45) is 5.16. The van der Waals surface area contributed by atoms with Gasteiger partial charge in [0.15, 0.2) is 0 Å². The van der Waals surface area contributed by atoms with Gasteiger partial charge in [0, 0.05) is 52.9 Å². The standard InChI is InChI=1S/C33H64N8/c1-16-40(23-18-29(6,7)38-30(8,9)19-23)26-34-25(37-33(14,15)22-28(3,4)5)35-27(36-26)41(17-2)24-20-31(10,11)39-32(12,13)21-24/h23-24,38-39H,16-22H2,1-15H3,(H,34,35,36,37). The van der Waals surface area contributed by atoms with E-state index in [0.29, 0.717) is 18.0 Å². The molecule has 1 aromatic heterocycles. The van der Waals surface area contributed by atoms with Crippen LogP contribution in [0.3, 0.4) is 0 Å². The van der Waals surface area contributed by atoms with Gasteiger partial charge < -0.3 is 25.8 Å². The average Bonchev–Trinajstić information content (AvgIpc) is 2.67. The number of hydrogen-bond donors (Lipinski definition) is 3. The molecule has 0 unspecified atom stereocenters. The fraction of sp³-hybridized carbons (Fsp3) is 0.909. The van der Waals surface area contributed by atoms with E-state index in [0.717, 1.165) is 57.1 Å². The van der Waals surface area contributed by atoms with Gasteiger partial charge in [0.05, 0.1) is 0 Å². The molecule has 3 heterocycles. The summed E-state index contributed by atoms with van der Waals surface area (Å²) in [4.78, 5) is 20.4. The third kappa shape index (κ3) is 9.41. The Kier molecular flexibility index (Phi) is 9.44. The monoisotopic (exact) mass is 573 g/mol. The zero-order chi connectivity index (χ0) is 31.2. The number of rotatable bonds is 9. The number of piperidine rings is 2. The molecule has 8 heteroatoms. The fourth-order valence-corrected chi connectivity index (χ4v) is 8.44. The molecule has 1 aromatic rings. The number of nitrogens with zero attached hydrogens (tertiary/aromatic N) is 5. The van der Waals surface area contributed by atoms with Crippen molar-refractivity contribution in [3.8, 4) is 0 Å². The van der Waals surface area contributed by atoms with E-state index < -0.39 is 0 Å². The Balaban J connectivity index is 2.10. The number of nitrogens with one attached hydrogen (secondary N) is 3. The molecule has 0 aromatic carbocycles. The van der Waals surface area contributed by atoms with E-state index in [2.05, 4.69) is 130 Å². The van der Waals surface area contributed by atoms with Gasteiger partial charge in [-0.2, -0.15) is 15.0 Å². The normalized spacial score (nSPS) is 22.8. The van der Waals surface area contributed by atoms with Gasteiger partial charge in [0.1, 0.15) is 0 Å². The van der Waals surface area contributed by atoms with Crippen molar-refractivity contribution in [3.63, 3.8) is 0 Å². The minimum atomic E-state index is -0.167. The van der Waals surface area contributed by atoms with Crippen LogP contribution in [-0.2, 0) is 0 Å². The van der Waals surface area contributed by atoms with Crippen LogP contribution in [0.1, 0.15) is 136 Å². The van der Waals surface area contributed by atoms with Crippen LogP contribution in [0.4, 0.5) is 17.8 Å². The molecule has 0 spiro atoms. The zero-order valence-electron chi connectivity index (χ0n) is 29.3. The summed E-state index contributed by atoms with van der Waals surface area (Å²) in [6, 6.07) is 0.674. The van der Waals surface area contributed by atoms with E-state index in [9.17, 15) is 0 Å². The third-order valence-electron chi connectivity index (χ3n) is 8.45. The molecule has 3 N–H and O–H groups in total. The molecule has 0 saturated carbocycles. The molecule has 0 amide bonds. The van der Waals surface area contributed by atoms with Crippen LogP contribution in [0, 0.1) is 5.41 Å². The SMILES string of the molecule is CCN(c1nc(NC(C)(C)CC(C)(C)C)nc(N(CC)C2CC(C)(C)NC(C)(C)C2)n1)C1CC(C)(C)NC(C)(C)C1. The molecule has 236 valence electrons. The van der Waals surface area contributed by atoms with Crippen LogP contribution in [0.25, 0.3) is 0 Å². The second-order valence-corrected chi connectivity index (χ2v) is 17.5. The first-order chi connectivity index (χ1) is 18.4. The molecule has 2 fully saturated rings. The maximum Gasteiger partial charge on any atom is 0.232 e. The number of hydrogen-bond acceptors (Lipinski definition) is 8. The Bertz CT molecular complexity index is 940. The minimum absolute atomic E-state index is 0.0349. The molecule has 3 rings (SSSR count). The highest BCUT2D eigenvalue weighted by atomic mass is 15.4. The smallest absolute Gasteiger partial charge is 0.232 e. The maximum atomic E-state index is 5.27. The lowest BCUT2D eigenvalue weighted by atomic mass is 9.79. The topological polar surface area (TPSA) is 81.2 Å². The first kappa shape index (κ1) is 33.8. The molecule has 0 radical (unpaired) electrons. The van der Waals surface area contributed by atoms with Gasteiger partial charge in [-0.05, 0) is 121 Å². The van der Waals surface area contributed by atoms with E-state index in [1.807, 2.05) is 0 Å². The van der Waals surface area contributed by atoms with Gasteiger partial charge in [-0.3, -0.25) is 0 Å². The second kappa shape index (κ2) is 11.4. The van der Waals surface area contributed by atoms with Gasteiger partial charge in [0.2, 0.25) is 17.8 Å². The van der Waals surface area contributed by atoms with Crippen LogP contribution >= 0.6 is 0 Å². The van der Waals surface area contributed by atoms with Gasteiger partial charge >= 0.3 is 0 Å². The van der Waals surface area contributed by atoms with Crippen LogP contribution in [0.15, 0.2) is 0 Å². The summed E-state index contributed by atoms with van der Waals surface area (Å²) < 4.78 is 0. The lowest BCUT2D eigenvalue weighted by molar-refractivity contribution is 0.158. The molecule has 2 aliphatic rings. The molecule has 0 bridgehead atoms. The molecule has 8 nitrogen and oxygen atoms in total. The Hall–Kier alpha value is -1.67. The van der Waals surface area contributed by atoms with E-state index in [1.165, 1.54) is 0 Å². The van der Waals surface area contributed by atoms with E-state index in [-0.39, 0.29) is 33.1 Å². The third-order valence-corrected chi connectivity index (χ3v) is 8.45. The molecule has 0 atom stereocenters. The maximum absolute atomic E-state index is 5.27. The van der Waals surface area contributed by atoms with Crippen LogP contribution in [0.5, 0.6) is 0 Å². The highest BCUT2D eigenvalue weighted by Gasteiger charge is 2.42. The molecule has 2 aliphatic heterocycles. The highest BCUT2D eigenvalue weighted by molar-refractivity contribution is 5.48. The van der Waals surface area contributed by atoms with Crippen molar-refractivity contribution in [2.45, 2.75) is 176 Å². The van der Waals surface area contributed by atoms with Crippen LogP contribution in [-0.4, -0.2) is 67.8 Å². The summed E-state index contributed by atoms with van der Waals surface area (Å²) in [5, 5.41) is 11.4. The van der Waals surface area contributed by atoms with Crippen molar-refractivity contribution < 1.29 is 0 Å². The lowest BCUT2D eigenvalue weighted by Gasteiger charge is -2.50. The van der Waals surface area contributed by atoms with Gasteiger partial charge in [-0.15, -0.1) is 0 Å². The Morgan fingerprint density at radius 2 is 1.00 bits per heavy atom.